The summed E-state index contributed by atoms with van der Waals surface area (Å²) in [6.45, 7) is 8.31. The Morgan fingerprint density at radius 2 is 1.68 bits per heavy atom. The molecule has 2 atom stereocenters. The van der Waals surface area contributed by atoms with Gasteiger partial charge in [0.15, 0.2) is 0 Å². The molecule has 0 heterocycles. The van der Waals surface area contributed by atoms with Gasteiger partial charge in [-0.25, -0.2) is 0 Å². The van der Waals surface area contributed by atoms with Gasteiger partial charge in [0.05, 0.1) is 7.11 Å². The molecule has 3 heteroatoms. The first-order valence-electron chi connectivity index (χ1n) is 9.27. The normalized spacial score (nSPS) is 13.3. The van der Waals surface area contributed by atoms with Crippen LogP contribution in [0, 0.1) is 0 Å². The van der Waals surface area contributed by atoms with Crippen molar-refractivity contribution >= 4 is 0 Å². The summed E-state index contributed by atoms with van der Waals surface area (Å²) in [6.07, 6.45) is 2.26. The van der Waals surface area contributed by atoms with Crippen LogP contribution in [-0.2, 0) is 6.54 Å². The van der Waals surface area contributed by atoms with E-state index in [4.69, 9.17) is 9.47 Å². The van der Waals surface area contributed by atoms with E-state index in [-0.39, 0.29) is 6.10 Å². The van der Waals surface area contributed by atoms with Crippen molar-refractivity contribution in [2.24, 2.45) is 0 Å². The molecule has 0 spiro atoms. The maximum Gasteiger partial charge on any atom is 0.123 e. The molecule has 25 heavy (non-hydrogen) atoms. The minimum atomic E-state index is 0.170. The lowest BCUT2D eigenvalue weighted by atomic mass is 9.98. The van der Waals surface area contributed by atoms with Crippen LogP contribution in [0.1, 0.15) is 50.7 Å². The van der Waals surface area contributed by atoms with E-state index < -0.39 is 0 Å². The zero-order chi connectivity index (χ0) is 18.1. The van der Waals surface area contributed by atoms with Crippen molar-refractivity contribution in [3.05, 3.63) is 59.7 Å². The lowest BCUT2D eigenvalue weighted by Gasteiger charge is -2.22. The molecule has 0 aliphatic carbocycles. The number of hydrogen-bond donors (Lipinski definition) is 1. The van der Waals surface area contributed by atoms with Crippen LogP contribution in [0.2, 0.25) is 0 Å². The van der Waals surface area contributed by atoms with Gasteiger partial charge in [-0.2, -0.15) is 0 Å². The number of ether oxygens (including phenoxy) is 2. The van der Waals surface area contributed by atoms with Crippen LogP contribution < -0.4 is 14.8 Å². The highest BCUT2D eigenvalue weighted by molar-refractivity contribution is 5.36. The Bertz CT molecular complexity index is 624. The number of benzene rings is 2. The molecule has 0 saturated carbocycles. The van der Waals surface area contributed by atoms with Gasteiger partial charge in [-0.05, 0) is 48.1 Å². The van der Waals surface area contributed by atoms with Crippen molar-refractivity contribution in [1.82, 2.24) is 5.32 Å². The highest BCUT2D eigenvalue weighted by Crippen LogP contribution is 2.29. The molecule has 2 aromatic carbocycles. The van der Waals surface area contributed by atoms with Crippen LogP contribution in [0.15, 0.2) is 48.5 Å². The lowest BCUT2D eigenvalue weighted by Crippen LogP contribution is -2.31. The number of nitrogens with one attached hydrogen (secondary N) is 1. The first-order valence-corrected chi connectivity index (χ1v) is 9.27. The van der Waals surface area contributed by atoms with Crippen LogP contribution in [0.25, 0.3) is 0 Å². The van der Waals surface area contributed by atoms with Gasteiger partial charge < -0.3 is 14.8 Å². The molecule has 1 N–H and O–H groups in total. The van der Waals surface area contributed by atoms with E-state index in [1.165, 1.54) is 11.1 Å². The van der Waals surface area contributed by atoms with Crippen molar-refractivity contribution in [2.45, 2.75) is 52.2 Å². The fraction of sp³-hybridized carbons (Fsp3) is 0.455. The van der Waals surface area contributed by atoms with Crippen LogP contribution in [-0.4, -0.2) is 19.8 Å². The Morgan fingerprint density at radius 1 is 0.960 bits per heavy atom. The van der Waals surface area contributed by atoms with Crippen molar-refractivity contribution in [3.8, 4) is 11.5 Å². The average Bonchev–Trinajstić information content (AvgIpc) is 2.67. The molecule has 0 fully saturated rings. The molecule has 0 bridgehead atoms. The Morgan fingerprint density at radius 3 is 2.32 bits per heavy atom. The predicted molar refractivity (Wildman–Crippen MR) is 105 cm³/mol. The largest absolute Gasteiger partial charge is 0.497 e. The summed E-state index contributed by atoms with van der Waals surface area (Å²) in [5.74, 6) is 2.43. The molecule has 0 aliphatic heterocycles. The molecule has 0 aliphatic rings. The summed E-state index contributed by atoms with van der Waals surface area (Å²) in [5, 5.41) is 3.51. The number of hydrogen-bond acceptors (Lipinski definition) is 3. The van der Waals surface area contributed by atoms with Crippen LogP contribution >= 0.6 is 0 Å². The van der Waals surface area contributed by atoms with E-state index in [0.717, 1.165) is 37.4 Å². The molecule has 2 aromatic rings. The van der Waals surface area contributed by atoms with E-state index >= 15 is 0 Å². The maximum absolute atomic E-state index is 6.31. The summed E-state index contributed by atoms with van der Waals surface area (Å²) >= 11 is 0. The minimum Gasteiger partial charge on any atom is -0.497 e. The molecule has 2 unspecified atom stereocenters. The summed E-state index contributed by atoms with van der Waals surface area (Å²) in [7, 11) is 1.69. The lowest BCUT2D eigenvalue weighted by molar-refractivity contribution is 0.190. The summed E-state index contributed by atoms with van der Waals surface area (Å²) in [4.78, 5) is 0. The zero-order valence-corrected chi connectivity index (χ0v) is 15.9. The number of rotatable bonds is 10. The quantitative estimate of drug-likeness (QED) is 0.648. The molecule has 136 valence electrons. The summed E-state index contributed by atoms with van der Waals surface area (Å²) in [6, 6.07) is 16.6. The molecular weight excluding hydrogens is 310 g/mol. The SMILES string of the molecule is CCC(CNCc1ccc(OC)cc1)Oc1ccccc1C(C)CC. The van der Waals surface area contributed by atoms with Crippen LogP contribution in [0.3, 0.4) is 0 Å². The smallest absolute Gasteiger partial charge is 0.123 e. The third-order valence-electron chi connectivity index (χ3n) is 4.67. The van der Waals surface area contributed by atoms with Gasteiger partial charge in [-0.3, -0.25) is 0 Å². The van der Waals surface area contributed by atoms with Gasteiger partial charge in [0.25, 0.3) is 0 Å². The highest BCUT2D eigenvalue weighted by atomic mass is 16.5. The second-order valence-electron chi connectivity index (χ2n) is 6.47. The molecule has 0 radical (unpaired) electrons. The van der Waals surface area contributed by atoms with Gasteiger partial charge >= 0.3 is 0 Å². The van der Waals surface area contributed by atoms with Gasteiger partial charge in [-0.15, -0.1) is 0 Å². The molecular formula is C22H31NO2. The molecule has 0 amide bonds. The van der Waals surface area contributed by atoms with Crippen molar-refractivity contribution in [3.63, 3.8) is 0 Å². The molecule has 2 rings (SSSR count). The van der Waals surface area contributed by atoms with Crippen molar-refractivity contribution in [2.75, 3.05) is 13.7 Å². The maximum atomic E-state index is 6.31. The fourth-order valence-corrected chi connectivity index (χ4v) is 2.78. The van der Waals surface area contributed by atoms with Crippen LogP contribution in [0.5, 0.6) is 11.5 Å². The van der Waals surface area contributed by atoms with Gasteiger partial charge in [-0.1, -0.05) is 51.1 Å². The molecule has 3 nitrogen and oxygen atoms in total. The average molecular weight is 341 g/mol. The first kappa shape index (κ1) is 19.3. The van der Waals surface area contributed by atoms with Gasteiger partial charge in [0.1, 0.15) is 17.6 Å². The standard InChI is InChI=1S/C22H31NO2/c1-5-17(3)21-9-7-8-10-22(21)25-19(6-2)16-23-15-18-11-13-20(24-4)14-12-18/h7-14,17,19,23H,5-6,15-16H2,1-4H3. The predicted octanol–water partition coefficient (Wildman–Crippen LogP) is 5.16. The number of methoxy groups -OCH3 is 1. The van der Waals surface area contributed by atoms with E-state index in [2.05, 4.69) is 62.5 Å². The molecule has 0 aromatic heterocycles. The number of para-hydroxylation sites is 1. The summed E-state index contributed by atoms with van der Waals surface area (Å²) in [5.41, 5.74) is 2.55. The van der Waals surface area contributed by atoms with Gasteiger partial charge in [0, 0.05) is 13.1 Å². The van der Waals surface area contributed by atoms with Gasteiger partial charge in [0.2, 0.25) is 0 Å². The second-order valence-corrected chi connectivity index (χ2v) is 6.47. The Hall–Kier alpha value is -2.00. The third-order valence-corrected chi connectivity index (χ3v) is 4.67. The van der Waals surface area contributed by atoms with E-state index in [0.29, 0.717) is 5.92 Å². The zero-order valence-electron chi connectivity index (χ0n) is 15.9. The van der Waals surface area contributed by atoms with Crippen molar-refractivity contribution < 1.29 is 9.47 Å². The Kier molecular flexibility index (Phi) is 7.80. The van der Waals surface area contributed by atoms with E-state index in [9.17, 15) is 0 Å². The Balaban J connectivity index is 1.90. The first-order chi connectivity index (χ1) is 12.2. The molecule has 0 saturated heterocycles. The topological polar surface area (TPSA) is 30.5 Å². The van der Waals surface area contributed by atoms with E-state index in [1.54, 1.807) is 7.11 Å². The highest BCUT2D eigenvalue weighted by Gasteiger charge is 2.14. The monoisotopic (exact) mass is 341 g/mol. The summed E-state index contributed by atoms with van der Waals surface area (Å²) < 4.78 is 11.5. The van der Waals surface area contributed by atoms with E-state index in [1.807, 2.05) is 12.1 Å². The minimum absolute atomic E-state index is 0.170. The van der Waals surface area contributed by atoms with Crippen LogP contribution in [0.4, 0.5) is 0 Å². The second kappa shape index (κ2) is 10.1. The Labute approximate surface area is 152 Å². The van der Waals surface area contributed by atoms with Crippen molar-refractivity contribution in [1.29, 1.82) is 0 Å². The fourth-order valence-electron chi connectivity index (χ4n) is 2.78. The third kappa shape index (κ3) is 5.79.